The van der Waals surface area contributed by atoms with Crippen molar-refractivity contribution in [1.29, 1.82) is 5.26 Å². The highest BCUT2D eigenvalue weighted by Crippen LogP contribution is 2.44. The zero-order valence-corrected chi connectivity index (χ0v) is 22.0. The van der Waals surface area contributed by atoms with Gasteiger partial charge in [-0.15, -0.1) is 0 Å². The maximum atomic E-state index is 13.6. The monoisotopic (exact) mass is 589 g/mol. The number of pyridine rings is 1. The largest absolute Gasteiger partial charge is 0.484 e. The van der Waals surface area contributed by atoms with E-state index >= 15 is 0 Å². The van der Waals surface area contributed by atoms with Crippen LogP contribution in [-0.4, -0.2) is 60.1 Å². The van der Waals surface area contributed by atoms with E-state index in [2.05, 4.69) is 20.7 Å². The number of sulfonamides is 1. The average molecular weight is 590 g/mol. The third kappa shape index (κ3) is 5.72. The normalized spacial score (nSPS) is 17.9. The van der Waals surface area contributed by atoms with Crippen LogP contribution in [0.5, 0.6) is 5.75 Å². The number of rotatable bonds is 7. The number of carbonyl (C=O) groups is 2. The van der Waals surface area contributed by atoms with Gasteiger partial charge in [0, 0.05) is 19.2 Å². The van der Waals surface area contributed by atoms with Gasteiger partial charge in [0.05, 0.1) is 28.1 Å². The molecule has 2 aromatic heterocycles. The molecule has 0 unspecified atom stereocenters. The Morgan fingerprint density at radius 2 is 2.07 bits per heavy atom. The highest BCUT2D eigenvalue weighted by molar-refractivity contribution is 7.89. The molecule has 16 heteroatoms. The first-order valence-corrected chi connectivity index (χ1v) is 13.9. The Morgan fingerprint density at radius 1 is 1.29 bits per heavy atom. The number of hydrogen-bond donors (Lipinski definition) is 3. The Bertz CT molecular complexity index is 1700. The van der Waals surface area contributed by atoms with Crippen LogP contribution < -0.4 is 20.5 Å². The van der Waals surface area contributed by atoms with Gasteiger partial charge in [-0.1, -0.05) is 6.07 Å². The summed E-state index contributed by atoms with van der Waals surface area (Å²) in [5.41, 5.74) is 0.773. The van der Waals surface area contributed by atoms with E-state index in [1.54, 1.807) is 6.07 Å². The fourth-order valence-corrected chi connectivity index (χ4v) is 5.46. The van der Waals surface area contributed by atoms with Crippen LogP contribution in [0.1, 0.15) is 49.7 Å². The van der Waals surface area contributed by atoms with Crippen molar-refractivity contribution >= 4 is 21.8 Å². The molecule has 12 nitrogen and oxygen atoms in total. The first-order valence-electron chi connectivity index (χ1n) is 12.2. The molecule has 2 aliphatic rings. The molecule has 4 N–H and O–H groups in total. The fraction of sp³-hybridized carbons (Fsp3) is 0.320. The summed E-state index contributed by atoms with van der Waals surface area (Å²) in [4.78, 5) is 31.0. The second kappa shape index (κ2) is 10.2. The van der Waals surface area contributed by atoms with Crippen molar-refractivity contribution in [3.8, 4) is 17.6 Å². The number of nitrogens with two attached hydrogens (primary N) is 1. The Labute approximate surface area is 231 Å². The van der Waals surface area contributed by atoms with Crippen LogP contribution in [0, 0.1) is 11.3 Å². The van der Waals surface area contributed by atoms with E-state index in [1.165, 1.54) is 30.5 Å². The topological polar surface area (TPSA) is 182 Å². The number of hydrogen-bond acceptors (Lipinski definition) is 8. The molecule has 0 saturated carbocycles. The lowest BCUT2D eigenvalue weighted by Gasteiger charge is -2.35. The molecule has 0 fully saturated rings. The number of nitrogens with one attached hydrogen (secondary N) is 2. The Morgan fingerprint density at radius 3 is 2.73 bits per heavy atom. The van der Waals surface area contributed by atoms with Gasteiger partial charge in [0.15, 0.2) is 12.4 Å². The van der Waals surface area contributed by atoms with E-state index in [0.29, 0.717) is 24.0 Å². The fourth-order valence-electron chi connectivity index (χ4n) is 5.07. The second-order valence-corrected chi connectivity index (χ2v) is 11.4. The standard InChI is InChI=1S/C25H22F3N7O5S/c26-25(27,28)13-40-16-2-3-17-15(9-16)5-6-24(17)10-18-20(22(36)33-24)21(23(37)31-7-8-41(30,38)39)35(34-18)19-4-1-14(11-29)12-32-19/h1-4,9,12H,5-8,10,13H2,(H,31,37)(H,33,36)(H2,30,38,39)/t24-/m0/s1. The predicted octanol–water partition coefficient (Wildman–Crippen LogP) is 1.23. The lowest BCUT2D eigenvalue weighted by atomic mass is 9.82. The minimum absolute atomic E-state index is 0.0338. The molecule has 214 valence electrons. The zero-order valence-electron chi connectivity index (χ0n) is 21.2. The number of ether oxygens (including phenoxy) is 1. The van der Waals surface area contributed by atoms with Gasteiger partial charge in [0.1, 0.15) is 17.5 Å². The van der Waals surface area contributed by atoms with Crippen LogP contribution in [-0.2, 0) is 28.4 Å². The van der Waals surface area contributed by atoms with Crippen molar-refractivity contribution in [2.24, 2.45) is 5.14 Å². The number of primary sulfonamides is 1. The number of halogens is 3. The summed E-state index contributed by atoms with van der Waals surface area (Å²) in [6.45, 7) is -1.75. The SMILES string of the molecule is N#Cc1ccc(-n2nc3c(c2C(=O)NCCS(N)(=O)=O)C(=O)N[C@@]2(CCc4cc(OCC(F)(F)F)ccc42)C3)nc1. The first kappa shape index (κ1) is 28.1. The van der Waals surface area contributed by atoms with Crippen molar-refractivity contribution in [3.63, 3.8) is 0 Å². The van der Waals surface area contributed by atoms with E-state index in [-0.39, 0.29) is 47.0 Å². The summed E-state index contributed by atoms with van der Waals surface area (Å²) >= 11 is 0. The number of nitrogens with zero attached hydrogens (tertiary/aromatic N) is 4. The molecule has 1 aliphatic heterocycles. The van der Waals surface area contributed by atoms with Crippen LogP contribution in [0.2, 0.25) is 0 Å². The third-order valence-corrected chi connectivity index (χ3v) is 7.58. The van der Waals surface area contributed by atoms with E-state index in [9.17, 15) is 31.2 Å². The number of nitriles is 1. The van der Waals surface area contributed by atoms with Crippen LogP contribution >= 0.6 is 0 Å². The maximum Gasteiger partial charge on any atom is 0.422 e. The molecule has 3 aromatic rings. The number of carbonyl (C=O) groups excluding carboxylic acids is 2. The van der Waals surface area contributed by atoms with E-state index in [0.717, 1.165) is 4.68 Å². The molecule has 1 aromatic carbocycles. The molecule has 1 atom stereocenters. The molecule has 1 aliphatic carbocycles. The Balaban J connectivity index is 1.51. The molecule has 0 radical (unpaired) electrons. The summed E-state index contributed by atoms with van der Waals surface area (Å²) in [7, 11) is -3.87. The minimum atomic E-state index is -4.49. The summed E-state index contributed by atoms with van der Waals surface area (Å²) in [6.07, 6.45) is -2.18. The number of fused-ring (bicyclic) bond motifs is 3. The first-order chi connectivity index (χ1) is 19.3. The number of alkyl halides is 3. The molecule has 1 spiro atoms. The van der Waals surface area contributed by atoms with Gasteiger partial charge in [-0.25, -0.2) is 23.2 Å². The maximum absolute atomic E-state index is 13.6. The number of amides is 2. The van der Waals surface area contributed by atoms with Crippen molar-refractivity contribution in [3.05, 3.63) is 70.2 Å². The molecule has 3 heterocycles. The molecule has 5 rings (SSSR count). The highest BCUT2D eigenvalue weighted by atomic mass is 32.2. The predicted molar refractivity (Wildman–Crippen MR) is 136 cm³/mol. The smallest absolute Gasteiger partial charge is 0.422 e. The highest BCUT2D eigenvalue weighted by Gasteiger charge is 2.47. The van der Waals surface area contributed by atoms with Crippen LogP contribution in [0.25, 0.3) is 5.82 Å². The Hall–Kier alpha value is -4.49. The average Bonchev–Trinajstić information content (AvgIpc) is 3.45. The van der Waals surface area contributed by atoms with E-state index < -0.39 is 45.9 Å². The Kier molecular flexibility index (Phi) is 6.95. The minimum Gasteiger partial charge on any atom is -0.484 e. The van der Waals surface area contributed by atoms with Crippen molar-refractivity contribution < 1.29 is 35.9 Å². The summed E-state index contributed by atoms with van der Waals surface area (Å²) in [5, 5.41) is 24.1. The van der Waals surface area contributed by atoms with Gasteiger partial charge in [-0.2, -0.15) is 23.5 Å². The third-order valence-electron chi connectivity index (χ3n) is 6.80. The lowest BCUT2D eigenvalue weighted by molar-refractivity contribution is -0.153. The van der Waals surface area contributed by atoms with Gasteiger partial charge in [0.25, 0.3) is 11.8 Å². The van der Waals surface area contributed by atoms with Crippen molar-refractivity contribution in [1.82, 2.24) is 25.4 Å². The number of benzene rings is 1. The van der Waals surface area contributed by atoms with Gasteiger partial charge in [0.2, 0.25) is 10.0 Å². The van der Waals surface area contributed by atoms with Crippen LogP contribution in [0.4, 0.5) is 13.2 Å². The van der Waals surface area contributed by atoms with Gasteiger partial charge in [-0.3, -0.25) is 9.59 Å². The van der Waals surface area contributed by atoms with Gasteiger partial charge in [-0.05, 0) is 48.2 Å². The van der Waals surface area contributed by atoms with Crippen LogP contribution in [0.3, 0.4) is 0 Å². The molecule has 2 amide bonds. The lowest BCUT2D eigenvalue weighted by Crippen LogP contribution is -2.50. The second-order valence-electron chi connectivity index (χ2n) is 9.66. The summed E-state index contributed by atoms with van der Waals surface area (Å²) in [6, 6.07) is 9.37. The molecule has 0 saturated heterocycles. The molecular formula is C25H22F3N7O5S. The number of aryl methyl sites for hydroxylation is 1. The van der Waals surface area contributed by atoms with Crippen molar-refractivity contribution in [2.75, 3.05) is 18.9 Å². The quantitative estimate of drug-likeness (QED) is 0.368. The molecular weight excluding hydrogens is 567 g/mol. The van der Waals surface area contributed by atoms with Crippen molar-refractivity contribution in [2.45, 2.75) is 31.0 Å². The van der Waals surface area contributed by atoms with Gasteiger partial charge < -0.3 is 15.4 Å². The molecule has 41 heavy (non-hydrogen) atoms. The summed E-state index contributed by atoms with van der Waals surface area (Å²) < 4.78 is 66.5. The number of aromatic nitrogens is 3. The van der Waals surface area contributed by atoms with Crippen LogP contribution in [0.15, 0.2) is 36.5 Å². The summed E-state index contributed by atoms with van der Waals surface area (Å²) in [5.74, 6) is -1.76. The van der Waals surface area contributed by atoms with E-state index in [1.807, 2.05) is 6.07 Å². The molecule has 0 bridgehead atoms. The van der Waals surface area contributed by atoms with Gasteiger partial charge >= 0.3 is 6.18 Å². The van der Waals surface area contributed by atoms with E-state index in [4.69, 9.17) is 15.1 Å². The zero-order chi connectivity index (χ0) is 29.6.